The zero-order chi connectivity index (χ0) is 19.6. The predicted octanol–water partition coefficient (Wildman–Crippen LogP) is 5.55. The second kappa shape index (κ2) is 8.39. The van der Waals surface area contributed by atoms with Gasteiger partial charge in [-0.1, -0.05) is 49.2 Å². The summed E-state index contributed by atoms with van der Waals surface area (Å²) in [6.07, 6.45) is -0.567. The molecule has 142 valence electrons. The summed E-state index contributed by atoms with van der Waals surface area (Å²) in [5.41, 5.74) is 6.04. The van der Waals surface area contributed by atoms with Crippen LogP contribution in [0.15, 0.2) is 42.5 Å². The van der Waals surface area contributed by atoms with Crippen molar-refractivity contribution in [2.45, 2.75) is 33.8 Å². The summed E-state index contributed by atoms with van der Waals surface area (Å²) >= 11 is 6.04. The monoisotopic (exact) mass is 382 g/mol. The van der Waals surface area contributed by atoms with Gasteiger partial charge in [-0.2, -0.15) is 0 Å². The van der Waals surface area contributed by atoms with Crippen LogP contribution in [0.5, 0.6) is 0 Å². The number of hydrogen-bond donors (Lipinski definition) is 1. The summed E-state index contributed by atoms with van der Waals surface area (Å²) in [5.74, 6) is 0. The van der Waals surface area contributed by atoms with Crippen molar-refractivity contribution in [1.82, 2.24) is 9.88 Å². The second-order valence-corrected chi connectivity index (χ2v) is 7.52. The van der Waals surface area contributed by atoms with Gasteiger partial charge >= 0.3 is 0 Å². The molecule has 1 N–H and O–H groups in total. The van der Waals surface area contributed by atoms with Gasteiger partial charge in [0.05, 0.1) is 17.3 Å². The van der Waals surface area contributed by atoms with Crippen molar-refractivity contribution in [3.05, 3.63) is 64.2 Å². The molecule has 2 aromatic carbocycles. The highest BCUT2D eigenvalue weighted by molar-refractivity contribution is 6.30. The van der Waals surface area contributed by atoms with E-state index >= 15 is 0 Å². The maximum atomic E-state index is 11.1. The highest BCUT2D eigenvalue weighted by Crippen LogP contribution is 2.32. The summed E-state index contributed by atoms with van der Waals surface area (Å²) in [7, 11) is 0. The molecule has 0 saturated carbocycles. The molecule has 0 amide bonds. The van der Waals surface area contributed by atoms with Crippen LogP contribution in [0, 0.1) is 13.8 Å². The number of aliphatic hydroxyl groups is 1. The fourth-order valence-electron chi connectivity index (χ4n) is 3.58. The fourth-order valence-corrected chi connectivity index (χ4v) is 3.70. The van der Waals surface area contributed by atoms with Crippen LogP contribution < -0.4 is 0 Å². The topological polar surface area (TPSA) is 36.4 Å². The maximum Gasteiger partial charge on any atom is 0.0924 e. The van der Waals surface area contributed by atoms with Crippen molar-refractivity contribution in [1.29, 1.82) is 0 Å². The molecular weight excluding hydrogens is 356 g/mol. The molecule has 3 rings (SSSR count). The van der Waals surface area contributed by atoms with Gasteiger partial charge in [-0.25, -0.2) is 4.98 Å². The summed E-state index contributed by atoms with van der Waals surface area (Å²) in [4.78, 5) is 7.15. The van der Waals surface area contributed by atoms with Gasteiger partial charge in [-0.3, -0.25) is 0 Å². The Morgan fingerprint density at radius 1 is 1.04 bits per heavy atom. The normalized spacial score (nSPS) is 12.7. The van der Waals surface area contributed by atoms with Crippen molar-refractivity contribution in [2.24, 2.45) is 0 Å². The average molecular weight is 383 g/mol. The number of benzene rings is 2. The molecule has 0 aliphatic rings. The van der Waals surface area contributed by atoms with Crippen molar-refractivity contribution in [3.8, 4) is 11.3 Å². The van der Waals surface area contributed by atoms with Crippen molar-refractivity contribution >= 4 is 22.5 Å². The molecule has 3 aromatic rings. The molecule has 0 aliphatic carbocycles. The van der Waals surface area contributed by atoms with Gasteiger partial charge in [0.2, 0.25) is 0 Å². The van der Waals surface area contributed by atoms with E-state index in [-0.39, 0.29) is 0 Å². The first-order valence-corrected chi connectivity index (χ1v) is 9.89. The number of pyridine rings is 1. The van der Waals surface area contributed by atoms with E-state index in [1.807, 2.05) is 30.3 Å². The van der Waals surface area contributed by atoms with E-state index in [0.29, 0.717) is 11.6 Å². The van der Waals surface area contributed by atoms with Crippen molar-refractivity contribution in [2.75, 3.05) is 19.6 Å². The lowest BCUT2D eigenvalue weighted by molar-refractivity contribution is 0.120. The van der Waals surface area contributed by atoms with Crippen LogP contribution in [0.1, 0.15) is 36.6 Å². The lowest BCUT2D eigenvalue weighted by Gasteiger charge is -2.23. The first-order valence-electron chi connectivity index (χ1n) is 9.51. The van der Waals surface area contributed by atoms with Crippen LogP contribution in [0.25, 0.3) is 22.2 Å². The molecule has 27 heavy (non-hydrogen) atoms. The Morgan fingerprint density at radius 3 is 2.33 bits per heavy atom. The number of hydrogen-bond acceptors (Lipinski definition) is 3. The third kappa shape index (κ3) is 4.32. The predicted molar refractivity (Wildman–Crippen MR) is 114 cm³/mol. The molecule has 0 aliphatic heterocycles. The first-order chi connectivity index (χ1) is 12.9. The van der Waals surface area contributed by atoms with E-state index in [2.05, 4.69) is 44.7 Å². The number of aliphatic hydroxyl groups excluding tert-OH is 1. The van der Waals surface area contributed by atoms with Gasteiger partial charge < -0.3 is 10.0 Å². The van der Waals surface area contributed by atoms with Crippen LogP contribution in [-0.4, -0.2) is 34.6 Å². The quantitative estimate of drug-likeness (QED) is 0.607. The minimum atomic E-state index is -0.567. The first kappa shape index (κ1) is 19.8. The number of nitrogens with zero attached hydrogens (tertiary/aromatic N) is 2. The highest BCUT2D eigenvalue weighted by atomic mass is 35.5. The minimum Gasteiger partial charge on any atom is -0.387 e. The molecule has 3 nitrogen and oxygen atoms in total. The Bertz CT molecular complexity index is 933. The number of aromatic nitrogens is 1. The number of fused-ring (bicyclic) bond motifs is 1. The average Bonchev–Trinajstić information content (AvgIpc) is 2.65. The van der Waals surface area contributed by atoms with E-state index < -0.39 is 6.10 Å². The maximum absolute atomic E-state index is 11.1. The molecule has 0 bridgehead atoms. The Hall–Kier alpha value is -1.94. The summed E-state index contributed by atoms with van der Waals surface area (Å²) < 4.78 is 0. The molecule has 1 unspecified atom stereocenters. The lowest BCUT2D eigenvalue weighted by Crippen LogP contribution is -2.28. The molecule has 0 saturated heterocycles. The summed E-state index contributed by atoms with van der Waals surface area (Å²) in [6.45, 7) is 10.8. The molecule has 4 heteroatoms. The Morgan fingerprint density at radius 2 is 1.70 bits per heavy atom. The summed E-state index contributed by atoms with van der Waals surface area (Å²) in [6, 6.07) is 14.0. The number of rotatable bonds is 6. The number of halogens is 1. The van der Waals surface area contributed by atoms with Gasteiger partial charge in [-0.05, 0) is 62.3 Å². The van der Waals surface area contributed by atoms with E-state index in [4.69, 9.17) is 16.6 Å². The number of likely N-dealkylation sites (N-methyl/N-ethyl adjacent to an activating group) is 1. The smallest absolute Gasteiger partial charge is 0.0924 e. The summed E-state index contributed by atoms with van der Waals surface area (Å²) in [5, 5.41) is 12.8. The standard InChI is InChI=1S/C23H27ClN2O/c1-5-26(6-2)14-22(27)19-13-21(17-7-9-18(24)10-8-17)25-23-16(4)11-15(3)12-20(19)23/h7-13,22,27H,5-6,14H2,1-4H3. The van der Waals surface area contributed by atoms with E-state index in [0.717, 1.165) is 46.4 Å². The van der Waals surface area contributed by atoms with Gasteiger partial charge in [0.1, 0.15) is 0 Å². The zero-order valence-electron chi connectivity index (χ0n) is 16.5. The van der Waals surface area contributed by atoms with Gasteiger partial charge in [0.15, 0.2) is 0 Å². The van der Waals surface area contributed by atoms with Crippen LogP contribution >= 0.6 is 11.6 Å². The number of aryl methyl sites for hydroxylation is 2. The van der Waals surface area contributed by atoms with Gasteiger partial charge in [-0.15, -0.1) is 0 Å². The molecule has 0 radical (unpaired) electrons. The van der Waals surface area contributed by atoms with Gasteiger partial charge in [0, 0.05) is 22.5 Å². The van der Waals surface area contributed by atoms with E-state index in [1.54, 1.807) is 0 Å². The Labute approximate surface area is 166 Å². The van der Waals surface area contributed by atoms with Crippen LogP contribution in [0.2, 0.25) is 5.02 Å². The van der Waals surface area contributed by atoms with Crippen LogP contribution in [-0.2, 0) is 0 Å². The van der Waals surface area contributed by atoms with Crippen molar-refractivity contribution < 1.29 is 5.11 Å². The third-order valence-corrected chi connectivity index (χ3v) is 5.36. The van der Waals surface area contributed by atoms with E-state index in [9.17, 15) is 5.11 Å². The van der Waals surface area contributed by atoms with E-state index in [1.165, 1.54) is 5.56 Å². The lowest BCUT2D eigenvalue weighted by atomic mass is 9.96. The molecule has 1 heterocycles. The minimum absolute atomic E-state index is 0.567. The van der Waals surface area contributed by atoms with Gasteiger partial charge in [0.25, 0.3) is 0 Å². The van der Waals surface area contributed by atoms with Crippen LogP contribution in [0.3, 0.4) is 0 Å². The zero-order valence-corrected chi connectivity index (χ0v) is 17.2. The third-order valence-electron chi connectivity index (χ3n) is 5.10. The Balaban J connectivity index is 2.18. The Kier molecular flexibility index (Phi) is 6.15. The molecule has 1 aromatic heterocycles. The SMILES string of the molecule is CCN(CC)CC(O)c1cc(-c2ccc(Cl)cc2)nc2c(C)cc(C)cc12. The molecule has 0 spiro atoms. The molecule has 1 atom stereocenters. The fraction of sp³-hybridized carbons (Fsp3) is 0.348. The molecule has 0 fully saturated rings. The van der Waals surface area contributed by atoms with Crippen LogP contribution in [0.4, 0.5) is 0 Å². The second-order valence-electron chi connectivity index (χ2n) is 7.08. The largest absolute Gasteiger partial charge is 0.387 e. The highest BCUT2D eigenvalue weighted by Gasteiger charge is 2.18. The van der Waals surface area contributed by atoms with Crippen molar-refractivity contribution in [3.63, 3.8) is 0 Å². The molecular formula is C23H27ClN2O.